The lowest BCUT2D eigenvalue weighted by Crippen LogP contribution is -2.30. The molecule has 0 spiro atoms. The molecule has 0 N–H and O–H groups in total. The first-order valence-corrected chi connectivity index (χ1v) is 7.38. The Kier molecular flexibility index (Phi) is 3.69. The summed E-state index contributed by atoms with van der Waals surface area (Å²) in [6, 6.07) is 11.1. The molecule has 3 rings (SSSR count). The van der Waals surface area contributed by atoms with Gasteiger partial charge in [-0.3, -0.25) is 9.78 Å². The van der Waals surface area contributed by atoms with E-state index in [9.17, 15) is 9.18 Å². The van der Waals surface area contributed by atoms with Gasteiger partial charge in [-0.2, -0.15) is 0 Å². The normalized spacial score (nSPS) is 18.2. The van der Waals surface area contributed by atoms with Gasteiger partial charge in [-0.05, 0) is 11.6 Å². The van der Waals surface area contributed by atoms with E-state index in [1.165, 1.54) is 12.3 Å². The van der Waals surface area contributed by atoms with Gasteiger partial charge in [-0.1, -0.05) is 30.3 Å². The van der Waals surface area contributed by atoms with E-state index in [4.69, 9.17) is 0 Å². The maximum atomic E-state index is 13.2. The summed E-state index contributed by atoms with van der Waals surface area (Å²) in [4.78, 5) is 18.0. The minimum Gasteiger partial charge on any atom is -0.322 e. The molecule has 20 heavy (non-hydrogen) atoms. The molecule has 102 valence electrons. The fourth-order valence-electron chi connectivity index (χ4n) is 2.27. The van der Waals surface area contributed by atoms with E-state index in [0.29, 0.717) is 12.1 Å². The number of pyridine rings is 1. The molecule has 0 radical (unpaired) electrons. The highest BCUT2D eigenvalue weighted by molar-refractivity contribution is 7.99. The molecule has 1 aliphatic rings. The number of aromatic nitrogens is 1. The Balaban J connectivity index is 1.87. The van der Waals surface area contributed by atoms with Crippen molar-refractivity contribution in [3.05, 3.63) is 65.7 Å². The van der Waals surface area contributed by atoms with Crippen LogP contribution in [0.4, 0.5) is 4.39 Å². The molecule has 5 heteroatoms. The zero-order valence-electron chi connectivity index (χ0n) is 10.7. The third-order valence-corrected chi connectivity index (χ3v) is 4.45. The average molecular weight is 288 g/mol. The number of halogens is 1. The van der Waals surface area contributed by atoms with Gasteiger partial charge < -0.3 is 4.90 Å². The first-order chi connectivity index (χ1) is 9.75. The van der Waals surface area contributed by atoms with Crippen molar-refractivity contribution in [2.45, 2.75) is 5.37 Å². The predicted octanol–water partition coefficient (Wildman–Crippen LogP) is 3.11. The number of rotatable bonds is 2. The van der Waals surface area contributed by atoms with Gasteiger partial charge in [0.2, 0.25) is 0 Å². The summed E-state index contributed by atoms with van der Waals surface area (Å²) in [7, 11) is 0. The molecular weight excluding hydrogens is 275 g/mol. The van der Waals surface area contributed by atoms with Gasteiger partial charge in [-0.15, -0.1) is 11.8 Å². The molecule has 2 heterocycles. The largest absolute Gasteiger partial charge is 0.322 e. The van der Waals surface area contributed by atoms with Crippen LogP contribution in [-0.2, 0) is 0 Å². The van der Waals surface area contributed by atoms with Crippen molar-refractivity contribution in [1.29, 1.82) is 0 Å². The summed E-state index contributed by atoms with van der Waals surface area (Å²) in [5, 5.41) is -0.00744. The van der Waals surface area contributed by atoms with Crippen LogP contribution in [0.1, 0.15) is 21.3 Å². The lowest BCUT2D eigenvalue weighted by atomic mass is 10.2. The van der Waals surface area contributed by atoms with Crippen LogP contribution in [0.3, 0.4) is 0 Å². The van der Waals surface area contributed by atoms with Gasteiger partial charge in [-0.25, -0.2) is 4.39 Å². The summed E-state index contributed by atoms with van der Waals surface area (Å²) < 4.78 is 13.2. The van der Waals surface area contributed by atoms with E-state index in [0.717, 1.165) is 17.5 Å². The van der Waals surface area contributed by atoms with Gasteiger partial charge in [0.15, 0.2) is 0 Å². The van der Waals surface area contributed by atoms with Crippen molar-refractivity contribution >= 4 is 17.7 Å². The third kappa shape index (κ3) is 2.54. The van der Waals surface area contributed by atoms with E-state index in [-0.39, 0.29) is 11.3 Å². The molecule has 1 aromatic carbocycles. The quantitative estimate of drug-likeness (QED) is 0.851. The molecule has 0 aliphatic carbocycles. The van der Waals surface area contributed by atoms with Crippen LogP contribution in [0.15, 0.2) is 48.8 Å². The fourth-order valence-corrected chi connectivity index (χ4v) is 3.52. The maximum absolute atomic E-state index is 13.2. The molecule has 1 fully saturated rings. The Hall–Kier alpha value is -1.88. The van der Waals surface area contributed by atoms with Crippen molar-refractivity contribution in [3.63, 3.8) is 0 Å². The molecule has 1 unspecified atom stereocenters. The molecule has 2 aromatic rings. The van der Waals surface area contributed by atoms with E-state index in [2.05, 4.69) is 4.98 Å². The van der Waals surface area contributed by atoms with Crippen LogP contribution in [-0.4, -0.2) is 28.1 Å². The van der Waals surface area contributed by atoms with Crippen LogP contribution < -0.4 is 0 Å². The monoisotopic (exact) mass is 288 g/mol. The van der Waals surface area contributed by atoms with Gasteiger partial charge in [0.1, 0.15) is 11.2 Å². The number of benzene rings is 1. The summed E-state index contributed by atoms with van der Waals surface area (Å²) in [5.74, 6) is 0.225. The zero-order valence-corrected chi connectivity index (χ0v) is 11.5. The predicted molar refractivity (Wildman–Crippen MR) is 76.9 cm³/mol. The van der Waals surface area contributed by atoms with Gasteiger partial charge in [0, 0.05) is 18.5 Å². The van der Waals surface area contributed by atoms with Crippen molar-refractivity contribution in [2.75, 3.05) is 12.3 Å². The Labute approximate surface area is 120 Å². The Morgan fingerprint density at radius 1 is 1.30 bits per heavy atom. The SMILES string of the molecule is O=C(c1cncc(F)c1)N1CCSC1c1ccccc1. The molecule has 1 saturated heterocycles. The Morgan fingerprint density at radius 2 is 2.10 bits per heavy atom. The Morgan fingerprint density at radius 3 is 2.85 bits per heavy atom. The van der Waals surface area contributed by atoms with E-state index in [1.807, 2.05) is 30.3 Å². The van der Waals surface area contributed by atoms with E-state index >= 15 is 0 Å². The lowest BCUT2D eigenvalue weighted by Gasteiger charge is -2.24. The van der Waals surface area contributed by atoms with Crippen LogP contribution in [0.25, 0.3) is 0 Å². The fraction of sp³-hybridized carbons (Fsp3) is 0.200. The van der Waals surface area contributed by atoms with Gasteiger partial charge in [0.25, 0.3) is 5.91 Å². The number of carbonyl (C=O) groups is 1. The van der Waals surface area contributed by atoms with Crippen molar-refractivity contribution < 1.29 is 9.18 Å². The molecule has 1 atom stereocenters. The molecular formula is C15H13FN2OS. The highest BCUT2D eigenvalue weighted by Gasteiger charge is 2.31. The molecule has 3 nitrogen and oxygen atoms in total. The van der Waals surface area contributed by atoms with Crippen LogP contribution >= 0.6 is 11.8 Å². The van der Waals surface area contributed by atoms with E-state index in [1.54, 1.807) is 16.7 Å². The first kappa shape index (κ1) is 13.1. The van der Waals surface area contributed by atoms with Crippen molar-refractivity contribution in [1.82, 2.24) is 9.88 Å². The number of carbonyl (C=O) groups excluding carboxylic acids is 1. The second-order valence-corrected chi connectivity index (χ2v) is 5.71. The number of thioether (sulfide) groups is 1. The van der Waals surface area contributed by atoms with Crippen LogP contribution in [0.2, 0.25) is 0 Å². The first-order valence-electron chi connectivity index (χ1n) is 6.34. The second-order valence-electron chi connectivity index (χ2n) is 4.52. The minimum absolute atomic E-state index is 0.00744. The molecule has 1 aromatic heterocycles. The van der Waals surface area contributed by atoms with Crippen molar-refractivity contribution in [3.8, 4) is 0 Å². The van der Waals surface area contributed by atoms with Crippen LogP contribution in [0, 0.1) is 5.82 Å². The summed E-state index contributed by atoms with van der Waals surface area (Å²) in [6.07, 6.45) is 2.51. The molecule has 1 amide bonds. The number of hydrogen-bond acceptors (Lipinski definition) is 3. The van der Waals surface area contributed by atoms with Crippen LogP contribution in [0.5, 0.6) is 0 Å². The minimum atomic E-state index is -0.487. The maximum Gasteiger partial charge on any atom is 0.256 e. The lowest BCUT2D eigenvalue weighted by molar-refractivity contribution is 0.0759. The van der Waals surface area contributed by atoms with Gasteiger partial charge in [0.05, 0.1) is 11.8 Å². The van der Waals surface area contributed by atoms with Crippen molar-refractivity contribution in [2.24, 2.45) is 0 Å². The third-order valence-electron chi connectivity index (χ3n) is 3.19. The highest BCUT2D eigenvalue weighted by Crippen LogP contribution is 2.38. The summed E-state index contributed by atoms with van der Waals surface area (Å²) in [5.41, 5.74) is 1.39. The van der Waals surface area contributed by atoms with Gasteiger partial charge >= 0.3 is 0 Å². The highest BCUT2D eigenvalue weighted by atomic mass is 32.2. The number of amides is 1. The Bertz CT molecular complexity index is 620. The number of hydrogen-bond donors (Lipinski definition) is 0. The smallest absolute Gasteiger partial charge is 0.256 e. The molecule has 0 bridgehead atoms. The average Bonchev–Trinajstić information content (AvgIpc) is 2.97. The summed E-state index contributed by atoms with van der Waals surface area (Å²) >= 11 is 1.72. The number of nitrogens with zero attached hydrogens (tertiary/aromatic N) is 2. The summed E-state index contributed by atoms with van der Waals surface area (Å²) in [6.45, 7) is 0.666. The second kappa shape index (κ2) is 5.63. The molecule has 1 aliphatic heterocycles. The zero-order chi connectivity index (χ0) is 13.9. The molecule has 0 saturated carbocycles. The van der Waals surface area contributed by atoms with E-state index < -0.39 is 5.82 Å². The standard InChI is InChI=1S/C15H13FN2OS/c16-13-8-12(9-17-10-13)14(19)18-6-7-20-15(18)11-4-2-1-3-5-11/h1-5,8-10,15H,6-7H2. The topological polar surface area (TPSA) is 33.2 Å².